The van der Waals surface area contributed by atoms with Crippen molar-refractivity contribution in [2.45, 2.75) is 19.4 Å². The van der Waals surface area contributed by atoms with E-state index in [1.807, 2.05) is 0 Å². The SMILES string of the molecule is CC#CC(=O)NC1CCN(C)C1. The summed E-state index contributed by atoms with van der Waals surface area (Å²) in [6, 6.07) is 0.295. The first kappa shape index (κ1) is 9.08. The lowest BCUT2D eigenvalue weighted by Gasteiger charge is -2.09. The second-order valence-corrected chi connectivity index (χ2v) is 3.10. The summed E-state index contributed by atoms with van der Waals surface area (Å²) in [4.78, 5) is 13.2. The van der Waals surface area contributed by atoms with Gasteiger partial charge in [0.1, 0.15) is 0 Å². The summed E-state index contributed by atoms with van der Waals surface area (Å²) >= 11 is 0. The number of hydrogen-bond acceptors (Lipinski definition) is 2. The van der Waals surface area contributed by atoms with Gasteiger partial charge in [0.25, 0.3) is 5.91 Å². The van der Waals surface area contributed by atoms with Crippen LogP contribution in [0.1, 0.15) is 13.3 Å². The zero-order valence-electron chi connectivity index (χ0n) is 7.55. The van der Waals surface area contributed by atoms with Crippen molar-refractivity contribution in [3.05, 3.63) is 0 Å². The van der Waals surface area contributed by atoms with Gasteiger partial charge in [0.15, 0.2) is 0 Å². The molecular weight excluding hydrogens is 152 g/mol. The van der Waals surface area contributed by atoms with Crippen LogP contribution in [-0.2, 0) is 4.79 Å². The summed E-state index contributed by atoms with van der Waals surface area (Å²) in [5.74, 6) is 4.89. The van der Waals surface area contributed by atoms with E-state index >= 15 is 0 Å². The highest BCUT2D eigenvalue weighted by molar-refractivity contribution is 5.93. The van der Waals surface area contributed by atoms with Gasteiger partial charge in [-0.1, -0.05) is 5.92 Å². The monoisotopic (exact) mass is 166 g/mol. The molecule has 1 fully saturated rings. The molecule has 1 atom stereocenters. The van der Waals surface area contributed by atoms with Crippen molar-refractivity contribution in [1.29, 1.82) is 0 Å². The Morgan fingerprint density at radius 3 is 2.92 bits per heavy atom. The molecule has 0 saturated carbocycles. The second kappa shape index (κ2) is 4.13. The maximum atomic E-state index is 11.0. The standard InChI is InChI=1S/C9H14N2O/c1-3-4-9(12)10-8-5-6-11(2)7-8/h8H,5-7H2,1-2H3,(H,10,12). The molecule has 1 aliphatic rings. The van der Waals surface area contributed by atoms with Gasteiger partial charge in [-0.05, 0) is 32.9 Å². The number of nitrogens with zero attached hydrogens (tertiary/aromatic N) is 1. The molecule has 1 rings (SSSR count). The van der Waals surface area contributed by atoms with E-state index in [1.54, 1.807) is 6.92 Å². The van der Waals surface area contributed by atoms with Gasteiger partial charge in [0, 0.05) is 12.6 Å². The van der Waals surface area contributed by atoms with E-state index in [0.29, 0.717) is 6.04 Å². The lowest BCUT2D eigenvalue weighted by Crippen LogP contribution is -2.35. The average Bonchev–Trinajstić information content (AvgIpc) is 2.36. The first-order valence-electron chi connectivity index (χ1n) is 4.14. The summed E-state index contributed by atoms with van der Waals surface area (Å²) in [5.41, 5.74) is 0. The summed E-state index contributed by atoms with van der Waals surface area (Å²) < 4.78 is 0. The molecule has 3 nitrogen and oxygen atoms in total. The van der Waals surface area contributed by atoms with Crippen molar-refractivity contribution < 1.29 is 4.79 Å². The maximum Gasteiger partial charge on any atom is 0.296 e. The minimum Gasteiger partial charge on any atom is -0.341 e. The number of likely N-dealkylation sites (N-methyl/N-ethyl adjacent to an activating group) is 1. The third kappa shape index (κ3) is 2.55. The largest absolute Gasteiger partial charge is 0.341 e. The minimum absolute atomic E-state index is 0.155. The van der Waals surface area contributed by atoms with Crippen molar-refractivity contribution >= 4 is 5.91 Å². The van der Waals surface area contributed by atoms with E-state index in [0.717, 1.165) is 19.5 Å². The van der Waals surface area contributed by atoms with Crippen LogP contribution in [0.4, 0.5) is 0 Å². The Hall–Kier alpha value is -1.01. The summed E-state index contributed by atoms with van der Waals surface area (Å²) in [6.07, 6.45) is 1.04. The molecule has 1 N–H and O–H groups in total. The van der Waals surface area contributed by atoms with Crippen molar-refractivity contribution in [3.63, 3.8) is 0 Å². The third-order valence-corrected chi connectivity index (χ3v) is 1.97. The Kier molecular flexibility index (Phi) is 3.12. The zero-order chi connectivity index (χ0) is 8.97. The Labute approximate surface area is 73.1 Å². The molecule has 0 aliphatic carbocycles. The zero-order valence-corrected chi connectivity index (χ0v) is 7.55. The fraction of sp³-hybridized carbons (Fsp3) is 0.667. The topological polar surface area (TPSA) is 32.3 Å². The van der Waals surface area contributed by atoms with Crippen LogP contribution in [0.2, 0.25) is 0 Å². The quantitative estimate of drug-likeness (QED) is 0.548. The molecule has 0 aromatic rings. The van der Waals surface area contributed by atoms with Crippen LogP contribution < -0.4 is 5.32 Å². The molecule has 0 aromatic heterocycles. The molecule has 0 spiro atoms. The van der Waals surface area contributed by atoms with Crippen LogP contribution in [0.15, 0.2) is 0 Å². The van der Waals surface area contributed by atoms with Crippen molar-refractivity contribution in [2.75, 3.05) is 20.1 Å². The molecule has 66 valence electrons. The Bertz CT molecular complexity index is 226. The van der Waals surface area contributed by atoms with Gasteiger partial charge >= 0.3 is 0 Å². The molecule has 1 saturated heterocycles. The smallest absolute Gasteiger partial charge is 0.296 e. The molecule has 1 amide bonds. The molecule has 0 radical (unpaired) electrons. The fourth-order valence-electron chi connectivity index (χ4n) is 1.39. The molecule has 1 unspecified atom stereocenters. The highest BCUT2D eigenvalue weighted by atomic mass is 16.1. The predicted octanol–water partition coefficient (Wildman–Crippen LogP) is -0.170. The van der Waals surface area contributed by atoms with Gasteiger partial charge in [-0.25, -0.2) is 0 Å². The van der Waals surface area contributed by atoms with Crippen LogP contribution in [0.5, 0.6) is 0 Å². The fourth-order valence-corrected chi connectivity index (χ4v) is 1.39. The Morgan fingerprint density at radius 1 is 1.67 bits per heavy atom. The number of carbonyl (C=O) groups is 1. The van der Waals surface area contributed by atoms with Crippen LogP contribution in [0.3, 0.4) is 0 Å². The highest BCUT2D eigenvalue weighted by Crippen LogP contribution is 2.05. The van der Waals surface area contributed by atoms with Crippen LogP contribution >= 0.6 is 0 Å². The van der Waals surface area contributed by atoms with Gasteiger partial charge in [-0.2, -0.15) is 0 Å². The van der Waals surface area contributed by atoms with E-state index in [9.17, 15) is 4.79 Å². The number of rotatable bonds is 1. The molecule has 0 aromatic carbocycles. The van der Waals surface area contributed by atoms with Gasteiger partial charge in [0.05, 0.1) is 0 Å². The average molecular weight is 166 g/mol. The van der Waals surface area contributed by atoms with E-state index in [2.05, 4.69) is 29.1 Å². The van der Waals surface area contributed by atoms with E-state index in [4.69, 9.17) is 0 Å². The molecule has 1 heterocycles. The molecule has 0 bridgehead atoms. The molecule has 12 heavy (non-hydrogen) atoms. The molecule has 1 aliphatic heterocycles. The summed E-state index contributed by atoms with van der Waals surface area (Å²) in [5, 5.41) is 2.86. The molecule has 3 heteroatoms. The van der Waals surface area contributed by atoms with Crippen LogP contribution in [-0.4, -0.2) is 37.0 Å². The van der Waals surface area contributed by atoms with Crippen molar-refractivity contribution in [3.8, 4) is 11.8 Å². The number of carbonyl (C=O) groups excluding carboxylic acids is 1. The predicted molar refractivity (Wildman–Crippen MR) is 47.5 cm³/mol. The maximum absolute atomic E-state index is 11.0. The van der Waals surface area contributed by atoms with E-state index in [1.165, 1.54) is 0 Å². The van der Waals surface area contributed by atoms with Gasteiger partial charge in [0.2, 0.25) is 0 Å². The first-order valence-corrected chi connectivity index (χ1v) is 4.14. The lowest BCUT2D eigenvalue weighted by molar-refractivity contribution is -0.116. The number of amides is 1. The summed E-state index contributed by atoms with van der Waals surface area (Å²) in [7, 11) is 2.05. The van der Waals surface area contributed by atoms with Crippen molar-refractivity contribution in [1.82, 2.24) is 10.2 Å². The first-order chi connectivity index (χ1) is 5.72. The normalized spacial score (nSPS) is 23.0. The minimum atomic E-state index is -0.155. The van der Waals surface area contributed by atoms with Gasteiger partial charge < -0.3 is 10.2 Å². The summed E-state index contributed by atoms with van der Waals surface area (Å²) in [6.45, 7) is 3.67. The third-order valence-electron chi connectivity index (χ3n) is 1.97. The van der Waals surface area contributed by atoms with E-state index < -0.39 is 0 Å². The van der Waals surface area contributed by atoms with Gasteiger partial charge in [-0.3, -0.25) is 4.79 Å². The second-order valence-electron chi connectivity index (χ2n) is 3.10. The number of likely N-dealkylation sites (tertiary alicyclic amines) is 1. The highest BCUT2D eigenvalue weighted by Gasteiger charge is 2.19. The van der Waals surface area contributed by atoms with Crippen LogP contribution in [0.25, 0.3) is 0 Å². The number of hydrogen-bond donors (Lipinski definition) is 1. The molecular formula is C9H14N2O. The Morgan fingerprint density at radius 2 is 2.42 bits per heavy atom. The van der Waals surface area contributed by atoms with Gasteiger partial charge in [-0.15, -0.1) is 0 Å². The van der Waals surface area contributed by atoms with Crippen LogP contribution in [0, 0.1) is 11.8 Å². The lowest BCUT2D eigenvalue weighted by atomic mass is 10.2. The number of nitrogens with one attached hydrogen (secondary N) is 1. The Balaban J connectivity index is 2.31. The van der Waals surface area contributed by atoms with Crippen molar-refractivity contribution in [2.24, 2.45) is 0 Å². The van der Waals surface area contributed by atoms with E-state index in [-0.39, 0.29) is 5.91 Å².